The van der Waals surface area contributed by atoms with E-state index in [1.165, 1.54) is 22.3 Å². The summed E-state index contributed by atoms with van der Waals surface area (Å²) in [6, 6.07) is 17.0. The Morgan fingerprint density at radius 1 is 1.00 bits per heavy atom. The van der Waals surface area contributed by atoms with Crippen molar-refractivity contribution in [3.8, 4) is 0 Å². The topological polar surface area (TPSA) is 29.1 Å². The summed E-state index contributed by atoms with van der Waals surface area (Å²) in [6.45, 7) is 0.664. The molecule has 1 amide bonds. The summed E-state index contributed by atoms with van der Waals surface area (Å²) in [7, 11) is 0. The quantitative estimate of drug-likeness (QED) is 0.816. The van der Waals surface area contributed by atoms with E-state index in [0.717, 1.165) is 12.8 Å². The Balaban J connectivity index is 2.08. The van der Waals surface area contributed by atoms with Crippen molar-refractivity contribution in [2.24, 2.45) is 0 Å². The number of carbonyl (C=O) groups is 1. The van der Waals surface area contributed by atoms with Crippen LogP contribution in [0.15, 0.2) is 48.5 Å². The lowest BCUT2D eigenvalue weighted by Gasteiger charge is -2.28. The van der Waals surface area contributed by atoms with Gasteiger partial charge in [-0.15, -0.1) is 0 Å². The van der Waals surface area contributed by atoms with Gasteiger partial charge in [0.1, 0.15) is 0 Å². The molecule has 0 bridgehead atoms. The number of nitrogens with one attached hydrogen (secondary N) is 1. The molecule has 2 nitrogen and oxygen atoms in total. The third-order valence-corrected chi connectivity index (χ3v) is 3.65. The van der Waals surface area contributed by atoms with E-state index in [9.17, 15) is 4.79 Å². The van der Waals surface area contributed by atoms with Crippen molar-refractivity contribution in [3.63, 3.8) is 0 Å². The fourth-order valence-corrected chi connectivity index (χ4v) is 2.83. The zero-order valence-corrected chi connectivity index (χ0v) is 10.1. The van der Waals surface area contributed by atoms with Crippen molar-refractivity contribution in [2.45, 2.75) is 12.3 Å². The fraction of sp³-hybridized carbons (Fsp3) is 0.188. The zero-order chi connectivity index (χ0) is 12.4. The lowest BCUT2D eigenvalue weighted by atomic mass is 9.78. The Hall–Kier alpha value is -2.09. The lowest BCUT2D eigenvalue weighted by molar-refractivity contribution is -0.109. The highest BCUT2D eigenvalue weighted by Gasteiger charge is 2.24. The average molecular weight is 237 g/mol. The minimum atomic E-state index is 0.274. The van der Waals surface area contributed by atoms with E-state index < -0.39 is 0 Å². The summed E-state index contributed by atoms with van der Waals surface area (Å²) in [5.74, 6) is 0.274. The molecule has 1 aliphatic carbocycles. The largest absolute Gasteiger partial charge is 0.358 e. The molecule has 90 valence electrons. The molecule has 0 aliphatic heterocycles. The second kappa shape index (κ2) is 4.65. The molecule has 18 heavy (non-hydrogen) atoms. The summed E-state index contributed by atoms with van der Waals surface area (Å²) >= 11 is 0. The van der Waals surface area contributed by atoms with E-state index in [1.54, 1.807) is 0 Å². The standard InChI is InChI=1S/C16H15NO/c18-11-17-10-16-14-7-3-1-5-12(14)9-13-6-2-4-8-15(13)16/h1-8,11,16H,9-10H2,(H,17,18). The van der Waals surface area contributed by atoms with Crippen LogP contribution >= 0.6 is 0 Å². The first-order valence-corrected chi connectivity index (χ1v) is 6.23. The third kappa shape index (κ3) is 1.80. The second-order valence-corrected chi connectivity index (χ2v) is 4.65. The van der Waals surface area contributed by atoms with Crippen LogP contribution in [-0.4, -0.2) is 13.0 Å². The maximum Gasteiger partial charge on any atom is 0.207 e. The van der Waals surface area contributed by atoms with Crippen molar-refractivity contribution in [1.29, 1.82) is 0 Å². The summed E-state index contributed by atoms with van der Waals surface area (Å²) < 4.78 is 0. The summed E-state index contributed by atoms with van der Waals surface area (Å²) in [5, 5.41) is 2.82. The maximum absolute atomic E-state index is 10.6. The van der Waals surface area contributed by atoms with Gasteiger partial charge in [-0.1, -0.05) is 48.5 Å². The predicted molar refractivity (Wildman–Crippen MR) is 71.6 cm³/mol. The first-order valence-electron chi connectivity index (χ1n) is 6.23. The zero-order valence-electron chi connectivity index (χ0n) is 10.1. The molecule has 0 saturated carbocycles. The minimum Gasteiger partial charge on any atom is -0.358 e. The van der Waals surface area contributed by atoms with Crippen LogP contribution in [0.2, 0.25) is 0 Å². The molecule has 2 aromatic rings. The van der Waals surface area contributed by atoms with Crippen molar-refractivity contribution < 1.29 is 4.79 Å². The molecule has 2 heteroatoms. The lowest BCUT2D eigenvalue weighted by Crippen LogP contribution is -2.25. The van der Waals surface area contributed by atoms with E-state index in [2.05, 4.69) is 53.8 Å². The summed E-state index contributed by atoms with van der Waals surface area (Å²) in [6.07, 6.45) is 1.77. The van der Waals surface area contributed by atoms with Gasteiger partial charge in [0.15, 0.2) is 0 Å². The number of rotatable bonds is 3. The average Bonchev–Trinajstić information content (AvgIpc) is 2.43. The predicted octanol–water partition coefficient (Wildman–Crippen LogP) is 2.47. The molecule has 0 spiro atoms. The summed E-state index contributed by atoms with van der Waals surface area (Å²) in [5.41, 5.74) is 5.42. The Morgan fingerprint density at radius 3 is 2.11 bits per heavy atom. The van der Waals surface area contributed by atoms with E-state index in [4.69, 9.17) is 0 Å². The molecule has 1 aliphatic rings. The van der Waals surface area contributed by atoms with Gasteiger partial charge in [-0.2, -0.15) is 0 Å². The van der Waals surface area contributed by atoms with E-state index in [0.29, 0.717) is 6.54 Å². The number of hydrogen-bond acceptors (Lipinski definition) is 1. The summed E-state index contributed by atoms with van der Waals surface area (Å²) in [4.78, 5) is 10.6. The number of fused-ring (bicyclic) bond motifs is 2. The smallest absolute Gasteiger partial charge is 0.207 e. The van der Waals surface area contributed by atoms with Crippen molar-refractivity contribution >= 4 is 6.41 Å². The van der Waals surface area contributed by atoms with E-state index in [-0.39, 0.29) is 5.92 Å². The van der Waals surface area contributed by atoms with Crippen LogP contribution in [-0.2, 0) is 11.2 Å². The molecular weight excluding hydrogens is 222 g/mol. The van der Waals surface area contributed by atoms with Crippen LogP contribution in [0, 0.1) is 0 Å². The van der Waals surface area contributed by atoms with Crippen LogP contribution in [0.5, 0.6) is 0 Å². The van der Waals surface area contributed by atoms with Crippen LogP contribution < -0.4 is 5.32 Å². The number of amides is 1. The van der Waals surface area contributed by atoms with Gasteiger partial charge < -0.3 is 5.32 Å². The molecule has 2 aromatic carbocycles. The molecule has 0 fully saturated rings. The van der Waals surface area contributed by atoms with E-state index >= 15 is 0 Å². The van der Waals surface area contributed by atoms with E-state index in [1.807, 2.05) is 0 Å². The maximum atomic E-state index is 10.6. The molecule has 0 atom stereocenters. The highest BCUT2D eigenvalue weighted by molar-refractivity contribution is 5.51. The molecule has 0 radical (unpaired) electrons. The third-order valence-electron chi connectivity index (χ3n) is 3.65. The van der Waals surface area contributed by atoms with Gasteiger partial charge in [0.2, 0.25) is 6.41 Å². The van der Waals surface area contributed by atoms with Crippen molar-refractivity contribution in [1.82, 2.24) is 5.32 Å². The number of carbonyl (C=O) groups excluding carboxylic acids is 1. The van der Waals surface area contributed by atoms with Crippen molar-refractivity contribution in [3.05, 3.63) is 70.8 Å². The molecule has 1 N–H and O–H groups in total. The highest BCUT2D eigenvalue weighted by atomic mass is 16.1. The first kappa shape index (κ1) is 11.0. The Morgan fingerprint density at radius 2 is 1.56 bits per heavy atom. The highest BCUT2D eigenvalue weighted by Crippen LogP contribution is 2.35. The van der Waals surface area contributed by atoms with Crippen LogP contribution in [0.1, 0.15) is 28.2 Å². The number of benzene rings is 2. The molecular formula is C16H15NO. The van der Waals surface area contributed by atoms with Gasteiger partial charge in [-0.05, 0) is 28.7 Å². The van der Waals surface area contributed by atoms with Crippen molar-refractivity contribution in [2.75, 3.05) is 6.54 Å². The van der Waals surface area contributed by atoms with Crippen LogP contribution in [0.3, 0.4) is 0 Å². The Bertz CT molecular complexity index is 531. The number of hydrogen-bond donors (Lipinski definition) is 1. The molecule has 0 unspecified atom stereocenters. The first-order chi connectivity index (χ1) is 8.90. The van der Waals surface area contributed by atoms with Gasteiger partial charge in [0.05, 0.1) is 0 Å². The molecule has 0 aromatic heterocycles. The van der Waals surface area contributed by atoms with Crippen LogP contribution in [0.25, 0.3) is 0 Å². The molecule has 3 rings (SSSR count). The van der Waals surface area contributed by atoms with Gasteiger partial charge >= 0.3 is 0 Å². The minimum absolute atomic E-state index is 0.274. The van der Waals surface area contributed by atoms with Gasteiger partial charge in [-0.3, -0.25) is 4.79 Å². The van der Waals surface area contributed by atoms with Gasteiger partial charge in [0.25, 0.3) is 0 Å². The fourth-order valence-electron chi connectivity index (χ4n) is 2.83. The van der Waals surface area contributed by atoms with Gasteiger partial charge in [-0.25, -0.2) is 0 Å². The normalized spacial score (nSPS) is 13.6. The molecule has 0 heterocycles. The van der Waals surface area contributed by atoms with Gasteiger partial charge in [0, 0.05) is 12.5 Å². The molecule has 0 saturated heterocycles. The Kier molecular flexibility index (Phi) is 2.85. The van der Waals surface area contributed by atoms with Crippen LogP contribution in [0.4, 0.5) is 0 Å². The Labute approximate surface area is 107 Å². The SMILES string of the molecule is O=CNCC1c2ccccc2Cc2ccccc21. The monoisotopic (exact) mass is 237 g/mol. The second-order valence-electron chi connectivity index (χ2n) is 4.65.